The monoisotopic (exact) mass is 418 g/mol. The Bertz CT molecular complexity index is 1160. The number of benzene rings is 1. The van der Waals surface area contributed by atoms with Crippen LogP contribution in [0.1, 0.15) is 53.5 Å². The maximum atomic E-state index is 10.5. The maximum Gasteiger partial charge on any atom is 0.178 e. The van der Waals surface area contributed by atoms with Crippen LogP contribution in [0, 0.1) is 11.3 Å². The Morgan fingerprint density at radius 1 is 1.03 bits per heavy atom. The Morgan fingerprint density at radius 3 is 2.39 bits per heavy atom. The molecule has 1 aliphatic carbocycles. The van der Waals surface area contributed by atoms with Crippen molar-refractivity contribution in [1.29, 1.82) is 0 Å². The van der Waals surface area contributed by atoms with Gasteiger partial charge in [0.05, 0.1) is 12.2 Å². The van der Waals surface area contributed by atoms with Gasteiger partial charge in [-0.3, -0.25) is 5.10 Å². The molecule has 0 radical (unpaired) electrons. The van der Waals surface area contributed by atoms with Gasteiger partial charge in [0.25, 0.3) is 0 Å². The molecule has 1 fully saturated rings. The van der Waals surface area contributed by atoms with E-state index >= 15 is 0 Å². The third-order valence-electron chi connectivity index (χ3n) is 5.15. The largest absolute Gasteiger partial charge is 0.507 e. The predicted octanol–water partition coefficient (Wildman–Crippen LogP) is 5.61. The van der Waals surface area contributed by atoms with Crippen LogP contribution < -0.4 is 0 Å². The smallest absolute Gasteiger partial charge is 0.178 e. The van der Waals surface area contributed by atoms with Crippen LogP contribution >= 0.6 is 0 Å². The summed E-state index contributed by atoms with van der Waals surface area (Å²) in [5.74, 6) is 0.939. The van der Waals surface area contributed by atoms with E-state index in [-0.39, 0.29) is 5.75 Å². The zero-order valence-corrected chi connectivity index (χ0v) is 18.8. The van der Waals surface area contributed by atoms with Gasteiger partial charge in [-0.25, -0.2) is 9.67 Å². The Labute approximate surface area is 182 Å². The molecule has 0 saturated heterocycles. The first-order valence-corrected chi connectivity index (χ1v) is 10.7. The lowest BCUT2D eigenvalue weighted by molar-refractivity contribution is 0.202. The minimum Gasteiger partial charge on any atom is -0.507 e. The highest BCUT2D eigenvalue weighted by atomic mass is 16.3. The highest BCUT2D eigenvalue weighted by Crippen LogP contribution is 2.38. The molecule has 7 nitrogen and oxygen atoms in total. The Kier molecular flexibility index (Phi) is 5.52. The van der Waals surface area contributed by atoms with E-state index in [0.717, 1.165) is 52.2 Å². The number of fused-ring (bicyclic) bond motifs is 1. The van der Waals surface area contributed by atoms with E-state index in [0.29, 0.717) is 11.5 Å². The first-order valence-electron chi connectivity index (χ1n) is 10.7. The first-order chi connectivity index (χ1) is 14.7. The van der Waals surface area contributed by atoms with Gasteiger partial charge in [0, 0.05) is 29.1 Å². The topological polar surface area (TPSA) is 92.5 Å². The molecule has 3 heterocycles. The number of aromatic amines is 1. The second-order valence-electron chi connectivity index (χ2n) is 10.1. The van der Waals surface area contributed by atoms with Crippen molar-refractivity contribution in [3.05, 3.63) is 42.9 Å². The van der Waals surface area contributed by atoms with E-state index in [2.05, 4.69) is 60.1 Å². The van der Waals surface area contributed by atoms with E-state index in [9.17, 15) is 5.11 Å². The molecule has 0 aliphatic heterocycles. The Hall–Kier alpha value is -3.22. The number of phenolic OH excluding ortho intramolecular Hbond substituents is 1. The van der Waals surface area contributed by atoms with Crippen molar-refractivity contribution in [3.63, 3.8) is 0 Å². The van der Waals surface area contributed by atoms with Crippen molar-refractivity contribution in [2.24, 2.45) is 11.3 Å². The maximum absolute atomic E-state index is 10.5. The molecule has 31 heavy (non-hydrogen) atoms. The minimum absolute atomic E-state index is 0.199. The number of aromatic nitrogens is 6. The summed E-state index contributed by atoms with van der Waals surface area (Å²) in [4.78, 5) is 4.57. The van der Waals surface area contributed by atoms with Crippen molar-refractivity contribution in [2.75, 3.05) is 0 Å². The number of nitrogens with zero attached hydrogens (tertiary/aromatic N) is 5. The van der Waals surface area contributed by atoms with Crippen molar-refractivity contribution >= 4 is 11.2 Å². The Morgan fingerprint density at radius 2 is 1.77 bits per heavy atom. The van der Waals surface area contributed by atoms with Crippen LogP contribution in [0.15, 0.2) is 42.9 Å². The number of rotatable bonds is 3. The fourth-order valence-corrected chi connectivity index (χ4v) is 3.65. The SMILES string of the molecule is CC(C)(C)C.CC1CC(n2nnc3cc(-c4ccc(-c5cn[nH]c5)cc4O)cnc32)C1. The van der Waals surface area contributed by atoms with Gasteiger partial charge in [-0.2, -0.15) is 5.10 Å². The number of pyridine rings is 1. The Balaban J connectivity index is 0.000000418. The summed E-state index contributed by atoms with van der Waals surface area (Å²) in [6.45, 7) is 11.0. The summed E-state index contributed by atoms with van der Waals surface area (Å²) in [5.41, 5.74) is 5.43. The summed E-state index contributed by atoms with van der Waals surface area (Å²) >= 11 is 0. The van der Waals surface area contributed by atoms with Gasteiger partial charge in [0.1, 0.15) is 11.3 Å². The fourth-order valence-electron chi connectivity index (χ4n) is 3.65. The van der Waals surface area contributed by atoms with E-state index in [1.807, 2.05) is 22.9 Å². The van der Waals surface area contributed by atoms with Crippen molar-refractivity contribution in [3.8, 4) is 28.0 Å². The lowest BCUT2D eigenvalue weighted by Gasteiger charge is -2.32. The summed E-state index contributed by atoms with van der Waals surface area (Å²) in [6.07, 6.45) is 7.54. The molecule has 7 heteroatoms. The summed E-state index contributed by atoms with van der Waals surface area (Å²) in [7, 11) is 0. The van der Waals surface area contributed by atoms with Gasteiger partial charge in [-0.1, -0.05) is 45.9 Å². The molecule has 1 aliphatic rings. The van der Waals surface area contributed by atoms with E-state index in [1.54, 1.807) is 24.7 Å². The van der Waals surface area contributed by atoms with Crippen LogP contribution in [-0.2, 0) is 0 Å². The van der Waals surface area contributed by atoms with Crippen LogP contribution in [0.3, 0.4) is 0 Å². The van der Waals surface area contributed by atoms with Gasteiger partial charge in [-0.05, 0) is 47.9 Å². The molecule has 162 valence electrons. The molecule has 0 bridgehead atoms. The quantitative estimate of drug-likeness (QED) is 0.451. The summed E-state index contributed by atoms with van der Waals surface area (Å²) in [5, 5.41) is 25.8. The van der Waals surface area contributed by atoms with Gasteiger partial charge in [-0.15, -0.1) is 5.10 Å². The number of phenols is 1. The summed E-state index contributed by atoms with van der Waals surface area (Å²) in [6, 6.07) is 7.91. The fraction of sp³-hybridized carbons (Fsp3) is 0.417. The minimum atomic E-state index is 0.199. The number of H-pyrrole nitrogens is 1. The van der Waals surface area contributed by atoms with Crippen LogP contribution in [0.25, 0.3) is 33.4 Å². The molecule has 3 aromatic heterocycles. The second kappa shape index (κ2) is 8.13. The van der Waals surface area contributed by atoms with Gasteiger partial charge in [0.2, 0.25) is 0 Å². The number of hydrogen-bond donors (Lipinski definition) is 2. The van der Waals surface area contributed by atoms with Crippen LogP contribution in [0.4, 0.5) is 0 Å². The molecule has 1 saturated carbocycles. The van der Waals surface area contributed by atoms with E-state index < -0.39 is 0 Å². The number of nitrogens with one attached hydrogen (secondary N) is 1. The molecule has 0 atom stereocenters. The van der Waals surface area contributed by atoms with Crippen LogP contribution in [0.2, 0.25) is 0 Å². The molecule has 2 N–H and O–H groups in total. The first kappa shape index (κ1) is 21.0. The third-order valence-corrected chi connectivity index (χ3v) is 5.15. The lowest BCUT2D eigenvalue weighted by Crippen LogP contribution is -2.25. The molecule has 0 unspecified atom stereocenters. The van der Waals surface area contributed by atoms with E-state index in [1.165, 1.54) is 0 Å². The molecule has 0 amide bonds. The number of hydrogen-bond acceptors (Lipinski definition) is 5. The van der Waals surface area contributed by atoms with Gasteiger partial charge < -0.3 is 5.11 Å². The van der Waals surface area contributed by atoms with E-state index in [4.69, 9.17) is 0 Å². The standard InChI is InChI=1S/C19H18N6O.C5H12/c1-11-4-15(5-11)25-19-17(23-24-25)6-13(8-20-19)16-3-2-12(7-18(16)26)14-9-21-22-10-14;1-5(2,3)4/h2-3,6-11,15,26H,4-5H2,1H3,(H,21,22);1-4H3. The molecular formula is C24H30N6O. The highest BCUT2D eigenvalue weighted by molar-refractivity contribution is 5.81. The van der Waals surface area contributed by atoms with Crippen LogP contribution in [-0.4, -0.2) is 35.3 Å². The molecule has 5 rings (SSSR count). The van der Waals surface area contributed by atoms with Gasteiger partial charge >= 0.3 is 0 Å². The zero-order valence-electron chi connectivity index (χ0n) is 18.8. The highest BCUT2D eigenvalue weighted by Gasteiger charge is 2.29. The predicted molar refractivity (Wildman–Crippen MR) is 123 cm³/mol. The zero-order chi connectivity index (χ0) is 22.2. The average molecular weight is 419 g/mol. The lowest BCUT2D eigenvalue weighted by atomic mass is 9.82. The third kappa shape index (κ3) is 4.76. The summed E-state index contributed by atoms with van der Waals surface area (Å²) < 4.78 is 1.93. The van der Waals surface area contributed by atoms with Crippen molar-refractivity contribution < 1.29 is 5.11 Å². The second-order valence-corrected chi connectivity index (χ2v) is 10.1. The normalized spacial score (nSPS) is 18.4. The molecule has 1 aromatic carbocycles. The van der Waals surface area contributed by atoms with Gasteiger partial charge in [0.15, 0.2) is 5.65 Å². The van der Waals surface area contributed by atoms with Crippen LogP contribution in [0.5, 0.6) is 5.75 Å². The molecule has 4 aromatic rings. The number of aromatic hydroxyl groups is 1. The van der Waals surface area contributed by atoms with Crippen molar-refractivity contribution in [1.82, 2.24) is 30.2 Å². The molecule has 0 spiro atoms. The van der Waals surface area contributed by atoms with Crippen molar-refractivity contribution in [2.45, 2.75) is 53.5 Å². The molecular weight excluding hydrogens is 388 g/mol. The average Bonchev–Trinajstić information content (AvgIpc) is 3.34.